The Hall–Kier alpha value is -2.20. The van der Waals surface area contributed by atoms with Crippen LogP contribution in [-0.4, -0.2) is 35.6 Å². The van der Waals surface area contributed by atoms with Crippen molar-refractivity contribution < 1.29 is 9.90 Å². The Balaban J connectivity index is 1.70. The summed E-state index contributed by atoms with van der Waals surface area (Å²) < 4.78 is 0. The fourth-order valence-electron chi connectivity index (χ4n) is 3.62. The fraction of sp³-hybridized carbons (Fsp3) is 0.455. The largest absolute Gasteiger partial charge is 0.396 e. The van der Waals surface area contributed by atoms with Crippen molar-refractivity contribution in [2.24, 2.45) is 5.92 Å². The number of hydrogen-bond donors (Lipinski definition) is 1. The number of piperidine rings is 1. The third kappa shape index (κ3) is 4.50. The number of hydrogen-bond acceptors (Lipinski definition) is 4. The van der Waals surface area contributed by atoms with Gasteiger partial charge in [0.2, 0.25) is 0 Å². The molecule has 1 aromatic heterocycles. The number of aliphatic hydroxyl groups is 1. The van der Waals surface area contributed by atoms with Gasteiger partial charge in [0.1, 0.15) is 5.78 Å². The van der Waals surface area contributed by atoms with Gasteiger partial charge in [-0.3, -0.25) is 9.78 Å². The molecule has 26 heavy (non-hydrogen) atoms. The molecule has 138 valence electrons. The van der Waals surface area contributed by atoms with Crippen LogP contribution < -0.4 is 4.90 Å². The monoisotopic (exact) mass is 352 g/mol. The summed E-state index contributed by atoms with van der Waals surface area (Å²) in [4.78, 5) is 19.2. The van der Waals surface area contributed by atoms with Crippen molar-refractivity contribution in [3.05, 3.63) is 47.7 Å². The van der Waals surface area contributed by atoms with Gasteiger partial charge >= 0.3 is 0 Å². The average Bonchev–Trinajstić information content (AvgIpc) is 2.66. The van der Waals surface area contributed by atoms with Gasteiger partial charge in [-0.15, -0.1) is 0 Å². The minimum atomic E-state index is 0.0999. The van der Waals surface area contributed by atoms with Crippen molar-refractivity contribution in [2.75, 3.05) is 24.6 Å². The molecule has 4 heteroatoms. The molecule has 1 aliphatic heterocycles. The van der Waals surface area contributed by atoms with E-state index in [0.29, 0.717) is 18.6 Å². The van der Waals surface area contributed by atoms with E-state index < -0.39 is 0 Å². The molecule has 0 saturated carbocycles. The van der Waals surface area contributed by atoms with Crippen LogP contribution in [0.1, 0.15) is 36.9 Å². The van der Waals surface area contributed by atoms with E-state index in [1.165, 1.54) is 11.3 Å². The first-order valence-corrected chi connectivity index (χ1v) is 9.51. The lowest BCUT2D eigenvalue weighted by atomic mass is 9.90. The molecule has 0 unspecified atom stereocenters. The Bertz CT molecular complexity index is 747. The highest BCUT2D eigenvalue weighted by Gasteiger charge is 2.25. The molecule has 1 saturated heterocycles. The zero-order chi connectivity index (χ0) is 18.5. The zero-order valence-electron chi connectivity index (χ0n) is 15.7. The van der Waals surface area contributed by atoms with Gasteiger partial charge in [0.25, 0.3) is 0 Å². The first-order chi connectivity index (χ1) is 12.6. The molecule has 4 nitrogen and oxygen atoms in total. The van der Waals surface area contributed by atoms with Gasteiger partial charge in [-0.05, 0) is 45.2 Å². The standard InChI is InChI=1S/C22H28N2O2/c1-16-5-7-18(8-6-16)21-15-20(14-17(2)23-21)24-11-9-19(10-12-24)22(26)4-3-13-25/h5-8,14-15,19,25H,3-4,9-13H2,1-2H3. The smallest absolute Gasteiger partial charge is 0.136 e. The molecule has 2 heterocycles. The lowest BCUT2D eigenvalue weighted by molar-refractivity contribution is -0.123. The molecular formula is C22H28N2O2. The highest BCUT2D eigenvalue weighted by molar-refractivity contribution is 5.81. The van der Waals surface area contributed by atoms with Crippen LogP contribution in [0.15, 0.2) is 36.4 Å². The highest BCUT2D eigenvalue weighted by atomic mass is 16.3. The van der Waals surface area contributed by atoms with E-state index >= 15 is 0 Å². The van der Waals surface area contributed by atoms with Gasteiger partial charge in [-0.1, -0.05) is 29.8 Å². The van der Waals surface area contributed by atoms with E-state index in [0.717, 1.165) is 42.9 Å². The molecule has 1 N–H and O–H groups in total. The van der Waals surface area contributed by atoms with E-state index in [1.807, 2.05) is 6.92 Å². The van der Waals surface area contributed by atoms with Crippen LogP contribution in [-0.2, 0) is 4.79 Å². The Labute approximate surface area is 155 Å². The van der Waals surface area contributed by atoms with E-state index in [9.17, 15) is 4.79 Å². The molecule has 1 aliphatic rings. The number of rotatable bonds is 6. The fourth-order valence-corrected chi connectivity index (χ4v) is 3.62. The second-order valence-corrected chi connectivity index (χ2v) is 7.27. The van der Waals surface area contributed by atoms with Crippen LogP contribution in [0.2, 0.25) is 0 Å². The van der Waals surface area contributed by atoms with Crippen LogP contribution in [0.5, 0.6) is 0 Å². The third-order valence-electron chi connectivity index (χ3n) is 5.18. The topological polar surface area (TPSA) is 53.4 Å². The number of benzene rings is 1. The minimum absolute atomic E-state index is 0.0999. The first-order valence-electron chi connectivity index (χ1n) is 9.51. The van der Waals surface area contributed by atoms with Crippen molar-refractivity contribution in [1.82, 2.24) is 4.98 Å². The first kappa shape index (κ1) is 18.6. The highest BCUT2D eigenvalue weighted by Crippen LogP contribution is 2.28. The summed E-state index contributed by atoms with van der Waals surface area (Å²) in [5.74, 6) is 0.460. The lowest BCUT2D eigenvalue weighted by Crippen LogP contribution is -2.36. The van der Waals surface area contributed by atoms with E-state index in [1.54, 1.807) is 0 Å². The number of aromatic nitrogens is 1. The maximum atomic E-state index is 12.2. The average molecular weight is 352 g/mol. The normalized spacial score (nSPS) is 15.3. The predicted octanol–water partition coefficient (Wildman–Crippen LogP) is 3.92. The number of aryl methyl sites for hydroxylation is 2. The summed E-state index contributed by atoms with van der Waals surface area (Å²) in [7, 11) is 0. The molecule has 2 aromatic rings. The molecule has 0 radical (unpaired) electrons. The minimum Gasteiger partial charge on any atom is -0.396 e. The predicted molar refractivity (Wildman–Crippen MR) is 105 cm³/mol. The van der Waals surface area contributed by atoms with Crippen LogP contribution in [0, 0.1) is 19.8 Å². The van der Waals surface area contributed by atoms with Crippen molar-refractivity contribution in [3.8, 4) is 11.3 Å². The maximum Gasteiger partial charge on any atom is 0.136 e. The number of pyridine rings is 1. The van der Waals surface area contributed by atoms with E-state index in [2.05, 4.69) is 48.2 Å². The summed E-state index contributed by atoms with van der Waals surface area (Å²) in [6.45, 7) is 6.01. The Morgan fingerprint density at radius 2 is 1.85 bits per heavy atom. The van der Waals surface area contributed by atoms with Gasteiger partial charge in [0, 0.05) is 49.0 Å². The van der Waals surface area contributed by atoms with E-state index in [4.69, 9.17) is 10.1 Å². The van der Waals surface area contributed by atoms with Gasteiger partial charge < -0.3 is 10.0 Å². The van der Waals surface area contributed by atoms with Gasteiger partial charge in [-0.2, -0.15) is 0 Å². The quantitative estimate of drug-likeness (QED) is 0.856. The van der Waals surface area contributed by atoms with Crippen LogP contribution in [0.25, 0.3) is 11.3 Å². The second kappa shape index (κ2) is 8.45. The third-order valence-corrected chi connectivity index (χ3v) is 5.18. The molecule has 1 aromatic carbocycles. The van der Waals surface area contributed by atoms with Crippen LogP contribution in [0.4, 0.5) is 5.69 Å². The number of Topliss-reactive ketones (excluding diaryl/α,β-unsaturated/α-hetero) is 1. The molecule has 1 fully saturated rings. The Kier molecular flexibility index (Phi) is 6.04. The zero-order valence-corrected chi connectivity index (χ0v) is 15.7. The summed E-state index contributed by atoms with van der Waals surface area (Å²) in [6, 6.07) is 12.8. The Morgan fingerprint density at radius 3 is 2.50 bits per heavy atom. The summed E-state index contributed by atoms with van der Waals surface area (Å²) in [5, 5.41) is 8.90. The number of carbonyl (C=O) groups is 1. The molecule has 0 bridgehead atoms. The molecule has 3 rings (SSSR count). The van der Waals surface area contributed by atoms with Crippen molar-refractivity contribution in [2.45, 2.75) is 39.5 Å². The molecule has 0 atom stereocenters. The number of carbonyl (C=O) groups excluding carboxylic acids is 1. The number of ketones is 1. The second-order valence-electron chi connectivity index (χ2n) is 7.27. The lowest BCUT2D eigenvalue weighted by Gasteiger charge is -2.33. The summed E-state index contributed by atoms with van der Waals surface area (Å²) in [6.07, 6.45) is 2.88. The molecular weight excluding hydrogens is 324 g/mol. The number of nitrogens with zero attached hydrogens (tertiary/aromatic N) is 2. The van der Waals surface area contributed by atoms with Gasteiger partial charge in [0.05, 0.1) is 5.69 Å². The molecule has 0 amide bonds. The molecule has 0 spiro atoms. The summed E-state index contributed by atoms with van der Waals surface area (Å²) >= 11 is 0. The van der Waals surface area contributed by atoms with Crippen LogP contribution >= 0.6 is 0 Å². The number of aliphatic hydroxyl groups excluding tert-OH is 1. The number of anilines is 1. The van der Waals surface area contributed by atoms with E-state index in [-0.39, 0.29) is 12.5 Å². The van der Waals surface area contributed by atoms with Crippen molar-refractivity contribution in [1.29, 1.82) is 0 Å². The molecule has 0 aliphatic carbocycles. The van der Waals surface area contributed by atoms with Crippen molar-refractivity contribution >= 4 is 11.5 Å². The van der Waals surface area contributed by atoms with Gasteiger partial charge in [0.15, 0.2) is 0 Å². The van der Waals surface area contributed by atoms with Gasteiger partial charge in [-0.25, -0.2) is 0 Å². The maximum absolute atomic E-state index is 12.2. The van der Waals surface area contributed by atoms with Crippen molar-refractivity contribution in [3.63, 3.8) is 0 Å². The summed E-state index contributed by atoms with van der Waals surface area (Å²) in [5.41, 5.74) is 5.58. The Morgan fingerprint density at radius 1 is 1.15 bits per heavy atom. The van der Waals surface area contributed by atoms with Crippen LogP contribution in [0.3, 0.4) is 0 Å². The SMILES string of the molecule is Cc1ccc(-c2cc(N3CCC(C(=O)CCCO)CC3)cc(C)n2)cc1.